The molecular weight excluding hydrogens is 228 g/mol. The van der Waals surface area contributed by atoms with Crippen LogP contribution in [-0.2, 0) is 0 Å². The van der Waals surface area contributed by atoms with Gasteiger partial charge in [0.25, 0.3) is 0 Å². The molecule has 0 saturated carbocycles. The van der Waals surface area contributed by atoms with Crippen LogP contribution in [0.1, 0.15) is 30.0 Å². The Bertz CT molecular complexity index is 559. The molecule has 1 N–H and O–H groups in total. The van der Waals surface area contributed by atoms with Gasteiger partial charge >= 0.3 is 0 Å². The third-order valence-corrected chi connectivity index (χ3v) is 3.19. The lowest BCUT2D eigenvalue weighted by molar-refractivity contribution is 0.194. The Morgan fingerprint density at radius 3 is 2.56 bits per heavy atom. The van der Waals surface area contributed by atoms with E-state index in [2.05, 4.69) is 4.98 Å². The molecule has 96 valence electrons. The SMILES string of the molecule is COc1cccc(-n2cnc(C)c2C)c1[C@H](C)O. The van der Waals surface area contributed by atoms with Gasteiger partial charge in [-0.25, -0.2) is 4.98 Å². The summed E-state index contributed by atoms with van der Waals surface area (Å²) < 4.78 is 7.29. The van der Waals surface area contributed by atoms with E-state index in [9.17, 15) is 5.11 Å². The van der Waals surface area contributed by atoms with Crippen LogP contribution in [0.3, 0.4) is 0 Å². The highest BCUT2D eigenvalue weighted by Gasteiger charge is 2.16. The Balaban J connectivity index is 2.67. The highest BCUT2D eigenvalue weighted by atomic mass is 16.5. The first-order valence-electron chi connectivity index (χ1n) is 5.92. The van der Waals surface area contributed by atoms with E-state index in [0.29, 0.717) is 5.75 Å². The standard InChI is InChI=1S/C14H18N2O2/c1-9-10(2)16(8-15-9)12-6-5-7-13(18-4)14(12)11(3)17/h5-8,11,17H,1-4H3/t11-/m0/s1. The number of nitrogens with zero attached hydrogens (tertiary/aromatic N) is 2. The second-order valence-corrected chi connectivity index (χ2v) is 4.35. The quantitative estimate of drug-likeness (QED) is 0.905. The summed E-state index contributed by atoms with van der Waals surface area (Å²) in [6.45, 7) is 5.71. The summed E-state index contributed by atoms with van der Waals surface area (Å²) in [4.78, 5) is 4.29. The molecule has 4 heteroatoms. The van der Waals surface area contributed by atoms with Crippen molar-refractivity contribution in [2.45, 2.75) is 26.9 Å². The van der Waals surface area contributed by atoms with Gasteiger partial charge in [0.2, 0.25) is 0 Å². The molecule has 0 amide bonds. The fraction of sp³-hybridized carbons (Fsp3) is 0.357. The second-order valence-electron chi connectivity index (χ2n) is 4.35. The molecule has 0 fully saturated rings. The van der Waals surface area contributed by atoms with Gasteiger partial charge in [-0.15, -0.1) is 0 Å². The van der Waals surface area contributed by atoms with Gasteiger partial charge in [0.05, 0.1) is 30.9 Å². The number of hydrogen-bond acceptors (Lipinski definition) is 3. The number of hydrogen-bond donors (Lipinski definition) is 1. The molecule has 0 aliphatic rings. The zero-order valence-corrected chi connectivity index (χ0v) is 11.1. The van der Waals surface area contributed by atoms with Crippen molar-refractivity contribution < 1.29 is 9.84 Å². The van der Waals surface area contributed by atoms with Crippen LogP contribution in [0, 0.1) is 13.8 Å². The molecule has 0 unspecified atom stereocenters. The predicted octanol–water partition coefficient (Wildman–Crippen LogP) is 2.55. The average Bonchev–Trinajstić information content (AvgIpc) is 2.69. The smallest absolute Gasteiger partial charge is 0.126 e. The van der Waals surface area contributed by atoms with Crippen molar-refractivity contribution in [3.8, 4) is 11.4 Å². The van der Waals surface area contributed by atoms with Gasteiger partial charge in [-0.3, -0.25) is 0 Å². The van der Waals surface area contributed by atoms with Gasteiger partial charge in [-0.1, -0.05) is 6.07 Å². The third kappa shape index (κ3) is 1.99. The highest BCUT2D eigenvalue weighted by molar-refractivity contribution is 5.52. The summed E-state index contributed by atoms with van der Waals surface area (Å²) in [5, 5.41) is 9.96. The van der Waals surface area contributed by atoms with E-state index >= 15 is 0 Å². The Morgan fingerprint density at radius 1 is 1.33 bits per heavy atom. The molecule has 2 rings (SSSR count). The summed E-state index contributed by atoms with van der Waals surface area (Å²) in [6.07, 6.45) is 1.17. The maximum absolute atomic E-state index is 9.96. The monoisotopic (exact) mass is 246 g/mol. The molecule has 4 nitrogen and oxygen atoms in total. The van der Waals surface area contributed by atoms with Gasteiger partial charge in [-0.2, -0.15) is 0 Å². The lowest BCUT2D eigenvalue weighted by Crippen LogP contribution is -2.05. The van der Waals surface area contributed by atoms with Crippen LogP contribution in [0.2, 0.25) is 0 Å². The van der Waals surface area contributed by atoms with E-state index in [1.807, 2.05) is 36.6 Å². The maximum Gasteiger partial charge on any atom is 0.126 e. The van der Waals surface area contributed by atoms with E-state index < -0.39 is 6.10 Å². The number of aryl methyl sites for hydroxylation is 1. The molecule has 1 heterocycles. The molecule has 0 spiro atoms. The van der Waals surface area contributed by atoms with Gasteiger partial charge in [0, 0.05) is 11.3 Å². The minimum Gasteiger partial charge on any atom is -0.496 e. The van der Waals surface area contributed by atoms with Crippen LogP contribution < -0.4 is 4.74 Å². The number of methoxy groups -OCH3 is 1. The molecule has 0 bridgehead atoms. The van der Waals surface area contributed by atoms with E-state index in [1.165, 1.54) is 0 Å². The van der Waals surface area contributed by atoms with Crippen molar-refractivity contribution in [3.63, 3.8) is 0 Å². The van der Waals surface area contributed by atoms with Gasteiger partial charge < -0.3 is 14.4 Å². The minimum atomic E-state index is -0.599. The molecule has 0 aliphatic carbocycles. The Labute approximate surface area is 107 Å². The summed E-state index contributed by atoms with van der Waals surface area (Å²) in [7, 11) is 1.61. The summed E-state index contributed by atoms with van der Waals surface area (Å²) in [6, 6.07) is 5.72. The summed E-state index contributed by atoms with van der Waals surface area (Å²) in [5.41, 5.74) is 3.72. The van der Waals surface area contributed by atoms with Crippen molar-refractivity contribution >= 4 is 0 Å². The molecule has 1 aromatic heterocycles. The number of imidazole rings is 1. The zero-order valence-electron chi connectivity index (χ0n) is 11.1. The molecule has 0 saturated heterocycles. The molecule has 2 aromatic rings. The van der Waals surface area contributed by atoms with E-state index in [0.717, 1.165) is 22.6 Å². The number of aliphatic hydroxyl groups is 1. The van der Waals surface area contributed by atoms with Crippen LogP contribution in [0.4, 0.5) is 0 Å². The molecule has 0 radical (unpaired) electrons. The average molecular weight is 246 g/mol. The van der Waals surface area contributed by atoms with Crippen molar-refractivity contribution in [2.24, 2.45) is 0 Å². The van der Waals surface area contributed by atoms with Crippen molar-refractivity contribution in [3.05, 3.63) is 41.5 Å². The van der Waals surface area contributed by atoms with Crippen LogP contribution in [-0.4, -0.2) is 21.8 Å². The van der Waals surface area contributed by atoms with Gasteiger partial charge in [0.15, 0.2) is 0 Å². The van der Waals surface area contributed by atoms with E-state index in [4.69, 9.17) is 4.74 Å². The summed E-state index contributed by atoms with van der Waals surface area (Å²) >= 11 is 0. The number of rotatable bonds is 3. The lowest BCUT2D eigenvalue weighted by atomic mass is 10.1. The molecule has 1 atom stereocenters. The first-order chi connectivity index (χ1) is 8.56. The van der Waals surface area contributed by atoms with Crippen LogP contribution >= 0.6 is 0 Å². The fourth-order valence-electron chi connectivity index (χ4n) is 2.08. The van der Waals surface area contributed by atoms with E-state index in [1.54, 1.807) is 20.4 Å². The number of aliphatic hydroxyl groups excluding tert-OH is 1. The molecule has 0 aliphatic heterocycles. The number of aromatic nitrogens is 2. The first-order valence-corrected chi connectivity index (χ1v) is 5.92. The van der Waals surface area contributed by atoms with Gasteiger partial charge in [-0.05, 0) is 32.9 Å². The fourth-order valence-corrected chi connectivity index (χ4v) is 2.08. The third-order valence-electron chi connectivity index (χ3n) is 3.19. The van der Waals surface area contributed by atoms with E-state index in [-0.39, 0.29) is 0 Å². The topological polar surface area (TPSA) is 47.3 Å². The minimum absolute atomic E-state index is 0.599. The normalized spacial score (nSPS) is 12.5. The first kappa shape index (κ1) is 12.6. The number of benzene rings is 1. The second kappa shape index (κ2) is 4.82. The lowest BCUT2D eigenvalue weighted by Gasteiger charge is -2.17. The summed E-state index contributed by atoms with van der Waals surface area (Å²) in [5.74, 6) is 0.688. The van der Waals surface area contributed by atoms with Crippen LogP contribution in [0.5, 0.6) is 5.75 Å². The Kier molecular flexibility index (Phi) is 3.39. The number of ether oxygens (including phenoxy) is 1. The molecular formula is C14H18N2O2. The highest BCUT2D eigenvalue weighted by Crippen LogP contribution is 2.31. The van der Waals surface area contributed by atoms with Crippen LogP contribution in [0.25, 0.3) is 5.69 Å². The van der Waals surface area contributed by atoms with Crippen molar-refractivity contribution in [2.75, 3.05) is 7.11 Å². The van der Waals surface area contributed by atoms with Crippen LogP contribution in [0.15, 0.2) is 24.5 Å². The van der Waals surface area contributed by atoms with Gasteiger partial charge in [0.1, 0.15) is 5.75 Å². The Morgan fingerprint density at radius 2 is 2.06 bits per heavy atom. The Hall–Kier alpha value is -1.81. The van der Waals surface area contributed by atoms with Crippen molar-refractivity contribution in [1.29, 1.82) is 0 Å². The molecule has 18 heavy (non-hydrogen) atoms. The van der Waals surface area contributed by atoms with Crippen molar-refractivity contribution in [1.82, 2.24) is 9.55 Å². The maximum atomic E-state index is 9.96. The largest absolute Gasteiger partial charge is 0.496 e. The predicted molar refractivity (Wildman–Crippen MR) is 70.2 cm³/mol. The zero-order chi connectivity index (χ0) is 13.3. The molecule has 1 aromatic carbocycles.